The normalized spacial score (nSPS) is 17.8. The van der Waals surface area contributed by atoms with E-state index in [1.54, 1.807) is 14.2 Å². The molecule has 0 saturated carbocycles. The fourth-order valence-corrected chi connectivity index (χ4v) is 3.13. The Morgan fingerprint density at radius 2 is 2.04 bits per heavy atom. The summed E-state index contributed by atoms with van der Waals surface area (Å²) < 4.78 is 11.3. The van der Waals surface area contributed by atoms with Crippen molar-refractivity contribution >= 4 is 29.9 Å². The van der Waals surface area contributed by atoms with Gasteiger partial charge in [-0.25, -0.2) is 4.98 Å². The molecule has 0 saturated heterocycles. The van der Waals surface area contributed by atoms with Gasteiger partial charge in [-0.15, -0.1) is 24.0 Å². The molecule has 0 bridgehead atoms. The SMILES string of the molecule is CN=C(NCc1cccc(OC)n1)NC1CC(C)(C)Oc2ccccc21.I. The fourth-order valence-electron chi connectivity index (χ4n) is 3.13. The van der Waals surface area contributed by atoms with Crippen LogP contribution in [0.15, 0.2) is 47.5 Å². The zero-order chi connectivity index (χ0) is 18.6. The average molecular weight is 482 g/mol. The zero-order valence-corrected chi connectivity index (χ0v) is 18.5. The Bertz CT molecular complexity index is 795. The number of aromatic nitrogens is 1. The second-order valence-corrected chi connectivity index (χ2v) is 6.90. The standard InChI is InChI=1S/C20H26N4O2.HI/c1-20(2)12-16(15-9-5-6-10-17(15)26-20)24-19(21-3)22-13-14-8-7-11-18(23-14)25-4;/h5-11,16H,12-13H2,1-4H3,(H2,21,22,24);1H. The van der Waals surface area contributed by atoms with Crippen LogP contribution in [0.4, 0.5) is 0 Å². The van der Waals surface area contributed by atoms with Crippen molar-refractivity contribution in [3.8, 4) is 11.6 Å². The molecule has 146 valence electrons. The second kappa shape index (κ2) is 9.25. The Kier molecular flexibility index (Phi) is 7.29. The van der Waals surface area contributed by atoms with Gasteiger partial charge in [0.25, 0.3) is 0 Å². The minimum absolute atomic E-state index is 0. The Morgan fingerprint density at radius 1 is 1.26 bits per heavy atom. The maximum absolute atomic E-state index is 6.10. The molecule has 0 spiro atoms. The van der Waals surface area contributed by atoms with Crippen LogP contribution in [-0.4, -0.2) is 30.7 Å². The summed E-state index contributed by atoms with van der Waals surface area (Å²) in [6.45, 7) is 4.77. The van der Waals surface area contributed by atoms with E-state index in [1.807, 2.05) is 36.4 Å². The number of halogens is 1. The molecule has 0 radical (unpaired) electrons. The Morgan fingerprint density at radius 3 is 2.78 bits per heavy atom. The van der Waals surface area contributed by atoms with Gasteiger partial charge in [0.05, 0.1) is 25.4 Å². The van der Waals surface area contributed by atoms with Crippen LogP contribution in [0.5, 0.6) is 11.6 Å². The maximum atomic E-state index is 6.10. The van der Waals surface area contributed by atoms with Crippen molar-refractivity contribution in [2.24, 2.45) is 4.99 Å². The van der Waals surface area contributed by atoms with E-state index < -0.39 is 0 Å². The van der Waals surface area contributed by atoms with Crippen molar-refractivity contribution in [1.29, 1.82) is 0 Å². The number of rotatable bonds is 4. The third kappa shape index (κ3) is 5.47. The van der Waals surface area contributed by atoms with E-state index in [1.165, 1.54) is 0 Å². The van der Waals surface area contributed by atoms with Gasteiger partial charge in [0.15, 0.2) is 5.96 Å². The van der Waals surface area contributed by atoms with Gasteiger partial charge >= 0.3 is 0 Å². The molecule has 0 amide bonds. The number of fused-ring (bicyclic) bond motifs is 1. The Hall–Kier alpha value is -2.03. The monoisotopic (exact) mass is 482 g/mol. The molecule has 2 heterocycles. The van der Waals surface area contributed by atoms with Crippen molar-refractivity contribution in [2.75, 3.05) is 14.2 Å². The molecule has 6 nitrogen and oxygen atoms in total. The number of methoxy groups -OCH3 is 1. The van der Waals surface area contributed by atoms with Gasteiger partial charge in [0.2, 0.25) is 5.88 Å². The van der Waals surface area contributed by atoms with Gasteiger partial charge in [-0.1, -0.05) is 24.3 Å². The van der Waals surface area contributed by atoms with Crippen LogP contribution >= 0.6 is 24.0 Å². The predicted molar refractivity (Wildman–Crippen MR) is 118 cm³/mol. The summed E-state index contributed by atoms with van der Waals surface area (Å²) >= 11 is 0. The van der Waals surface area contributed by atoms with Gasteiger partial charge in [-0.05, 0) is 26.0 Å². The first-order valence-corrected chi connectivity index (χ1v) is 8.76. The first-order valence-electron chi connectivity index (χ1n) is 8.76. The van der Waals surface area contributed by atoms with E-state index >= 15 is 0 Å². The lowest BCUT2D eigenvalue weighted by Gasteiger charge is -2.38. The van der Waals surface area contributed by atoms with E-state index in [0.717, 1.165) is 29.4 Å². The van der Waals surface area contributed by atoms with E-state index in [2.05, 4.69) is 40.5 Å². The van der Waals surface area contributed by atoms with Gasteiger partial charge in [-0.3, -0.25) is 4.99 Å². The molecule has 1 aromatic carbocycles. The van der Waals surface area contributed by atoms with Crippen LogP contribution in [-0.2, 0) is 6.54 Å². The summed E-state index contributed by atoms with van der Waals surface area (Å²) in [5.74, 6) is 2.26. The van der Waals surface area contributed by atoms with Gasteiger partial charge in [0.1, 0.15) is 11.4 Å². The zero-order valence-electron chi connectivity index (χ0n) is 16.2. The fraction of sp³-hybridized carbons (Fsp3) is 0.400. The van der Waals surface area contributed by atoms with Crippen LogP contribution in [0.1, 0.15) is 37.6 Å². The summed E-state index contributed by atoms with van der Waals surface area (Å²) in [7, 11) is 3.38. The maximum Gasteiger partial charge on any atom is 0.213 e. The summed E-state index contributed by atoms with van der Waals surface area (Å²) in [6.07, 6.45) is 0.849. The van der Waals surface area contributed by atoms with Crippen molar-refractivity contribution in [1.82, 2.24) is 15.6 Å². The minimum Gasteiger partial charge on any atom is -0.487 e. The van der Waals surface area contributed by atoms with Crippen molar-refractivity contribution in [3.63, 3.8) is 0 Å². The lowest BCUT2D eigenvalue weighted by Crippen LogP contribution is -2.45. The average Bonchev–Trinajstić information content (AvgIpc) is 2.64. The summed E-state index contributed by atoms with van der Waals surface area (Å²) in [5, 5.41) is 6.84. The first-order chi connectivity index (χ1) is 12.5. The molecule has 7 heteroatoms. The Balaban J connectivity index is 0.00000261. The molecule has 1 aliphatic heterocycles. The lowest BCUT2D eigenvalue weighted by molar-refractivity contribution is 0.0694. The molecule has 0 fully saturated rings. The highest BCUT2D eigenvalue weighted by Crippen LogP contribution is 2.39. The predicted octanol–water partition coefficient (Wildman–Crippen LogP) is 3.68. The van der Waals surface area contributed by atoms with Crippen LogP contribution in [0.25, 0.3) is 0 Å². The topological polar surface area (TPSA) is 67.8 Å². The summed E-state index contributed by atoms with van der Waals surface area (Å²) in [4.78, 5) is 8.77. The minimum atomic E-state index is -0.237. The summed E-state index contributed by atoms with van der Waals surface area (Å²) in [5.41, 5.74) is 1.80. The summed E-state index contributed by atoms with van der Waals surface area (Å²) in [6, 6.07) is 14.0. The van der Waals surface area contributed by atoms with E-state index in [9.17, 15) is 0 Å². The molecule has 1 aromatic heterocycles. The van der Waals surface area contributed by atoms with Crippen molar-refractivity contribution in [2.45, 2.75) is 38.5 Å². The highest BCUT2D eigenvalue weighted by molar-refractivity contribution is 14.0. The molecule has 3 rings (SSSR count). The number of hydrogen-bond donors (Lipinski definition) is 2. The molecule has 2 N–H and O–H groups in total. The molecular weight excluding hydrogens is 455 g/mol. The number of ether oxygens (including phenoxy) is 2. The largest absolute Gasteiger partial charge is 0.487 e. The number of aliphatic imine (C=N–C) groups is 1. The molecule has 0 aliphatic carbocycles. The highest BCUT2D eigenvalue weighted by Gasteiger charge is 2.33. The number of nitrogens with zero attached hydrogens (tertiary/aromatic N) is 2. The second-order valence-electron chi connectivity index (χ2n) is 6.90. The molecule has 1 aliphatic rings. The third-order valence-electron chi connectivity index (χ3n) is 4.34. The van der Waals surface area contributed by atoms with Gasteiger partial charge in [-0.2, -0.15) is 0 Å². The van der Waals surface area contributed by atoms with Gasteiger partial charge < -0.3 is 20.1 Å². The number of pyridine rings is 1. The van der Waals surface area contributed by atoms with E-state index in [-0.39, 0.29) is 35.6 Å². The van der Waals surface area contributed by atoms with Gasteiger partial charge in [0, 0.05) is 25.1 Å². The number of para-hydroxylation sites is 1. The quantitative estimate of drug-likeness (QED) is 0.396. The number of benzene rings is 1. The first kappa shape index (κ1) is 21.3. The third-order valence-corrected chi connectivity index (χ3v) is 4.34. The van der Waals surface area contributed by atoms with Crippen LogP contribution in [0, 0.1) is 0 Å². The molecule has 1 atom stereocenters. The molecular formula is C20H27IN4O2. The number of hydrogen-bond acceptors (Lipinski definition) is 4. The van der Waals surface area contributed by atoms with E-state index in [4.69, 9.17) is 9.47 Å². The Labute approximate surface area is 177 Å². The van der Waals surface area contributed by atoms with Crippen LogP contribution in [0.3, 0.4) is 0 Å². The van der Waals surface area contributed by atoms with Crippen LogP contribution in [0.2, 0.25) is 0 Å². The molecule has 2 aromatic rings. The van der Waals surface area contributed by atoms with E-state index in [0.29, 0.717) is 12.4 Å². The molecule has 1 unspecified atom stereocenters. The smallest absolute Gasteiger partial charge is 0.213 e. The lowest BCUT2D eigenvalue weighted by atomic mass is 9.90. The van der Waals surface area contributed by atoms with Crippen molar-refractivity contribution < 1.29 is 9.47 Å². The number of nitrogens with one attached hydrogen (secondary N) is 2. The highest BCUT2D eigenvalue weighted by atomic mass is 127. The van der Waals surface area contributed by atoms with Crippen LogP contribution < -0.4 is 20.1 Å². The molecule has 27 heavy (non-hydrogen) atoms. The number of guanidine groups is 1. The van der Waals surface area contributed by atoms with Crippen molar-refractivity contribution in [3.05, 3.63) is 53.7 Å².